The molecule has 0 fully saturated rings. The van der Waals surface area contributed by atoms with E-state index in [1.54, 1.807) is 13.0 Å². The Hall–Kier alpha value is -1.04. The highest BCUT2D eigenvalue weighted by molar-refractivity contribution is 7.12. The molecule has 1 atom stereocenters. The van der Waals surface area contributed by atoms with Crippen LogP contribution >= 0.6 is 22.9 Å². The Morgan fingerprint density at radius 2 is 2.50 bits per heavy atom. The Bertz CT molecular complexity index is 455. The lowest BCUT2D eigenvalue weighted by molar-refractivity contribution is -0.139. The van der Waals surface area contributed by atoms with Crippen molar-refractivity contribution in [2.75, 3.05) is 11.9 Å². The van der Waals surface area contributed by atoms with E-state index in [9.17, 15) is 9.90 Å². The molecule has 1 aromatic heterocycles. The molecule has 2 heterocycles. The molecule has 1 aliphatic heterocycles. The highest BCUT2D eigenvalue weighted by atomic mass is 35.5. The predicted octanol–water partition coefficient (Wildman–Crippen LogP) is 2.00. The number of hydrogen-bond acceptors (Lipinski definition) is 5. The number of hydrogen-bond donors (Lipinski definition) is 2. The SMILES string of the molecule is CCOC(=O)C1=C(Cl)c2sccc2NC1O. The molecular formula is C10H10ClNO3S. The molecule has 0 spiro atoms. The number of nitrogens with one attached hydrogen (secondary N) is 1. The zero-order valence-electron chi connectivity index (χ0n) is 8.49. The number of carbonyl (C=O) groups is 1. The van der Waals surface area contributed by atoms with E-state index in [2.05, 4.69) is 5.32 Å². The van der Waals surface area contributed by atoms with Gasteiger partial charge >= 0.3 is 5.97 Å². The van der Waals surface area contributed by atoms with Gasteiger partial charge in [-0.05, 0) is 18.4 Å². The molecule has 0 aliphatic carbocycles. The van der Waals surface area contributed by atoms with Crippen molar-refractivity contribution in [2.45, 2.75) is 13.2 Å². The van der Waals surface area contributed by atoms with Crippen molar-refractivity contribution in [1.82, 2.24) is 0 Å². The first kappa shape index (κ1) is 11.4. The average molecular weight is 260 g/mol. The topological polar surface area (TPSA) is 58.6 Å². The van der Waals surface area contributed by atoms with Crippen molar-refractivity contribution < 1.29 is 14.6 Å². The van der Waals surface area contributed by atoms with Crippen LogP contribution in [0, 0.1) is 0 Å². The predicted molar refractivity (Wildman–Crippen MR) is 63.4 cm³/mol. The summed E-state index contributed by atoms with van der Waals surface area (Å²) in [5.41, 5.74) is 0.800. The molecule has 4 nitrogen and oxygen atoms in total. The van der Waals surface area contributed by atoms with E-state index in [1.165, 1.54) is 11.3 Å². The molecule has 86 valence electrons. The van der Waals surface area contributed by atoms with Gasteiger partial charge in [0.15, 0.2) is 6.23 Å². The fourth-order valence-corrected chi connectivity index (χ4v) is 2.69. The number of carbonyl (C=O) groups excluding carboxylic acids is 1. The standard InChI is InChI=1S/C10H10ClNO3S/c1-2-15-10(14)6-7(11)8-5(3-4-16-8)12-9(6)13/h3-4,9,12-13H,2H2,1H3. The van der Waals surface area contributed by atoms with Crippen LogP contribution in [0.2, 0.25) is 0 Å². The minimum atomic E-state index is -1.12. The van der Waals surface area contributed by atoms with E-state index in [1.807, 2.05) is 5.38 Å². The molecule has 0 saturated carbocycles. The lowest BCUT2D eigenvalue weighted by Gasteiger charge is -2.22. The molecule has 1 unspecified atom stereocenters. The summed E-state index contributed by atoms with van der Waals surface area (Å²) in [5, 5.41) is 14.6. The Morgan fingerprint density at radius 3 is 3.19 bits per heavy atom. The summed E-state index contributed by atoms with van der Waals surface area (Å²) < 4.78 is 4.84. The summed E-state index contributed by atoms with van der Waals surface area (Å²) in [4.78, 5) is 12.3. The van der Waals surface area contributed by atoms with Crippen LogP contribution in [0.1, 0.15) is 11.8 Å². The van der Waals surface area contributed by atoms with Crippen LogP contribution in [-0.2, 0) is 9.53 Å². The first-order valence-electron chi connectivity index (χ1n) is 4.74. The smallest absolute Gasteiger partial charge is 0.340 e. The van der Waals surface area contributed by atoms with Gasteiger partial charge in [0, 0.05) is 0 Å². The number of aliphatic hydroxyl groups excluding tert-OH is 1. The molecule has 6 heteroatoms. The third-order valence-electron chi connectivity index (χ3n) is 2.16. The van der Waals surface area contributed by atoms with Crippen LogP contribution in [0.3, 0.4) is 0 Å². The lowest BCUT2D eigenvalue weighted by atomic mass is 10.1. The highest BCUT2D eigenvalue weighted by Gasteiger charge is 2.30. The molecule has 0 aromatic carbocycles. The minimum Gasteiger partial charge on any atom is -0.462 e. The van der Waals surface area contributed by atoms with Crippen LogP contribution < -0.4 is 5.32 Å². The second-order valence-corrected chi connectivity index (χ2v) is 4.45. The van der Waals surface area contributed by atoms with Gasteiger partial charge in [0.05, 0.1) is 22.2 Å². The molecule has 16 heavy (non-hydrogen) atoms. The second-order valence-electron chi connectivity index (χ2n) is 3.16. The summed E-state index contributed by atoms with van der Waals surface area (Å²) >= 11 is 7.47. The monoisotopic (exact) mass is 259 g/mol. The average Bonchev–Trinajstić information content (AvgIpc) is 2.66. The Morgan fingerprint density at radius 1 is 1.75 bits per heavy atom. The van der Waals surface area contributed by atoms with E-state index >= 15 is 0 Å². The van der Waals surface area contributed by atoms with E-state index in [4.69, 9.17) is 16.3 Å². The van der Waals surface area contributed by atoms with E-state index in [0.717, 1.165) is 10.6 Å². The molecule has 1 aromatic rings. The van der Waals surface area contributed by atoms with Gasteiger partial charge in [0.25, 0.3) is 0 Å². The second kappa shape index (κ2) is 4.45. The maximum absolute atomic E-state index is 11.6. The van der Waals surface area contributed by atoms with Crippen molar-refractivity contribution in [3.63, 3.8) is 0 Å². The number of thiophene rings is 1. The number of rotatable bonds is 2. The minimum absolute atomic E-state index is 0.0680. The van der Waals surface area contributed by atoms with Crippen molar-refractivity contribution >= 4 is 39.6 Å². The first-order chi connectivity index (χ1) is 7.65. The lowest BCUT2D eigenvalue weighted by Crippen LogP contribution is -2.30. The molecule has 2 rings (SSSR count). The third kappa shape index (κ3) is 1.81. The van der Waals surface area contributed by atoms with Crippen LogP contribution in [0.4, 0.5) is 5.69 Å². The number of anilines is 1. The van der Waals surface area contributed by atoms with E-state index in [0.29, 0.717) is 0 Å². The Balaban J connectivity index is 2.43. The molecule has 0 amide bonds. The van der Waals surface area contributed by atoms with E-state index in [-0.39, 0.29) is 17.2 Å². The summed E-state index contributed by atoms with van der Waals surface area (Å²) in [6.45, 7) is 1.95. The molecule has 1 aliphatic rings. The quantitative estimate of drug-likeness (QED) is 0.798. The van der Waals surface area contributed by atoms with Crippen molar-refractivity contribution in [3.05, 3.63) is 21.9 Å². The zero-order valence-corrected chi connectivity index (χ0v) is 10.1. The van der Waals surface area contributed by atoms with Gasteiger partial charge in [0.2, 0.25) is 0 Å². The fraction of sp³-hybridized carbons (Fsp3) is 0.300. The fourth-order valence-electron chi connectivity index (χ4n) is 1.46. The van der Waals surface area contributed by atoms with E-state index < -0.39 is 12.2 Å². The third-order valence-corrected chi connectivity index (χ3v) is 3.60. The Kier molecular flexibility index (Phi) is 3.18. The van der Waals surface area contributed by atoms with Gasteiger partial charge in [-0.15, -0.1) is 11.3 Å². The largest absolute Gasteiger partial charge is 0.462 e. The zero-order chi connectivity index (χ0) is 11.7. The van der Waals surface area contributed by atoms with Crippen molar-refractivity contribution in [2.24, 2.45) is 0 Å². The van der Waals surface area contributed by atoms with Crippen molar-refractivity contribution in [3.8, 4) is 0 Å². The summed E-state index contributed by atoms with van der Waals surface area (Å²) in [7, 11) is 0. The Labute approximate surface area is 101 Å². The molecule has 0 bridgehead atoms. The molecule has 0 saturated heterocycles. The summed E-state index contributed by atoms with van der Waals surface area (Å²) in [6, 6.07) is 1.80. The number of halogens is 1. The van der Waals surface area contributed by atoms with Crippen LogP contribution in [0.25, 0.3) is 5.03 Å². The maximum atomic E-state index is 11.6. The van der Waals surface area contributed by atoms with Gasteiger partial charge in [-0.2, -0.15) is 0 Å². The highest BCUT2D eigenvalue weighted by Crippen LogP contribution is 2.39. The normalized spacial score (nSPS) is 19.1. The summed E-state index contributed by atoms with van der Waals surface area (Å²) in [5.74, 6) is -0.591. The van der Waals surface area contributed by atoms with Gasteiger partial charge in [0.1, 0.15) is 5.57 Å². The van der Waals surface area contributed by atoms with Gasteiger partial charge < -0.3 is 15.2 Å². The first-order valence-corrected chi connectivity index (χ1v) is 6.00. The van der Waals surface area contributed by atoms with Crippen LogP contribution in [0.15, 0.2) is 17.0 Å². The number of fused-ring (bicyclic) bond motifs is 1. The maximum Gasteiger partial charge on any atom is 0.340 e. The van der Waals surface area contributed by atoms with Crippen molar-refractivity contribution in [1.29, 1.82) is 0 Å². The van der Waals surface area contributed by atoms with Crippen LogP contribution in [0.5, 0.6) is 0 Å². The number of aliphatic hydroxyl groups is 1. The number of esters is 1. The summed E-state index contributed by atoms with van der Waals surface area (Å²) in [6.07, 6.45) is -1.12. The van der Waals surface area contributed by atoms with Crippen LogP contribution in [-0.4, -0.2) is 23.9 Å². The van der Waals surface area contributed by atoms with Gasteiger partial charge in [-0.25, -0.2) is 4.79 Å². The molecule has 0 radical (unpaired) electrons. The van der Waals surface area contributed by atoms with Gasteiger partial charge in [-0.1, -0.05) is 11.6 Å². The molecular weight excluding hydrogens is 250 g/mol. The van der Waals surface area contributed by atoms with Gasteiger partial charge in [-0.3, -0.25) is 0 Å². The number of ether oxygens (including phenoxy) is 1. The molecule has 2 N–H and O–H groups in total.